The number of carbonyl (C=O) groups is 1. The van der Waals surface area contributed by atoms with Crippen LogP contribution in [0.1, 0.15) is 36.8 Å². The molecule has 0 saturated carbocycles. The van der Waals surface area contributed by atoms with Gasteiger partial charge in [0.25, 0.3) is 0 Å². The summed E-state index contributed by atoms with van der Waals surface area (Å²) in [5, 5.41) is 6.41. The number of carbonyl (C=O) groups excluding carboxylic acids is 1. The molecule has 1 amide bonds. The zero-order valence-corrected chi connectivity index (χ0v) is 10.8. The van der Waals surface area contributed by atoms with Crippen molar-refractivity contribution in [3.8, 4) is 0 Å². The van der Waals surface area contributed by atoms with Gasteiger partial charge in [0.15, 0.2) is 0 Å². The summed E-state index contributed by atoms with van der Waals surface area (Å²) in [6, 6.07) is 8.50. The second kappa shape index (κ2) is 4.39. The fourth-order valence-electron chi connectivity index (χ4n) is 3.04. The fraction of sp³-hybridized carbons (Fsp3) is 0.533. The average molecular weight is 244 g/mol. The molecule has 3 nitrogen and oxygen atoms in total. The van der Waals surface area contributed by atoms with Gasteiger partial charge in [0.05, 0.1) is 5.54 Å². The van der Waals surface area contributed by atoms with Crippen LogP contribution in [0.25, 0.3) is 0 Å². The first kappa shape index (κ1) is 11.7. The van der Waals surface area contributed by atoms with Crippen LogP contribution in [0.3, 0.4) is 0 Å². The molecule has 2 unspecified atom stereocenters. The van der Waals surface area contributed by atoms with Gasteiger partial charge < -0.3 is 10.6 Å². The molecule has 0 bridgehead atoms. The quantitative estimate of drug-likeness (QED) is 0.847. The van der Waals surface area contributed by atoms with Gasteiger partial charge in [-0.25, -0.2) is 0 Å². The van der Waals surface area contributed by atoms with Gasteiger partial charge in [0.2, 0.25) is 5.91 Å². The van der Waals surface area contributed by atoms with Crippen LogP contribution in [0.4, 0.5) is 0 Å². The van der Waals surface area contributed by atoms with Crippen LogP contribution in [0.2, 0.25) is 0 Å². The number of hydrogen-bond donors (Lipinski definition) is 2. The zero-order chi connectivity index (χ0) is 12.6. The number of benzene rings is 1. The molecule has 2 aliphatic rings. The molecule has 0 aromatic heterocycles. The Balaban J connectivity index is 1.56. The molecule has 3 heteroatoms. The van der Waals surface area contributed by atoms with Crippen LogP contribution in [0.15, 0.2) is 24.3 Å². The molecule has 1 aliphatic carbocycles. The third kappa shape index (κ3) is 1.93. The van der Waals surface area contributed by atoms with Gasteiger partial charge in [0.1, 0.15) is 0 Å². The Bertz CT molecular complexity index is 463. The highest BCUT2D eigenvalue weighted by molar-refractivity contribution is 5.86. The molecule has 2 N–H and O–H groups in total. The van der Waals surface area contributed by atoms with E-state index in [9.17, 15) is 4.79 Å². The van der Waals surface area contributed by atoms with Crippen molar-refractivity contribution in [2.24, 2.45) is 0 Å². The van der Waals surface area contributed by atoms with Gasteiger partial charge in [-0.3, -0.25) is 4.79 Å². The molecule has 96 valence electrons. The van der Waals surface area contributed by atoms with Crippen molar-refractivity contribution >= 4 is 5.91 Å². The summed E-state index contributed by atoms with van der Waals surface area (Å²) in [4.78, 5) is 12.1. The van der Waals surface area contributed by atoms with Gasteiger partial charge in [-0.2, -0.15) is 0 Å². The van der Waals surface area contributed by atoms with Crippen molar-refractivity contribution in [3.63, 3.8) is 0 Å². The van der Waals surface area contributed by atoms with E-state index in [-0.39, 0.29) is 11.4 Å². The summed E-state index contributed by atoms with van der Waals surface area (Å²) in [6.07, 6.45) is 3.14. The summed E-state index contributed by atoms with van der Waals surface area (Å²) in [5.74, 6) is 0.666. The number of amides is 1. The maximum atomic E-state index is 12.1. The van der Waals surface area contributed by atoms with Crippen molar-refractivity contribution < 1.29 is 4.79 Å². The smallest absolute Gasteiger partial charge is 0.240 e. The summed E-state index contributed by atoms with van der Waals surface area (Å²) in [6.45, 7) is 3.73. The summed E-state index contributed by atoms with van der Waals surface area (Å²) in [5.41, 5.74) is 2.49. The Kier molecular flexibility index (Phi) is 2.86. The highest BCUT2D eigenvalue weighted by atomic mass is 16.2. The second-order valence-corrected chi connectivity index (χ2v) is 5.67. The van der Waals surface area contributed by atoms with E-state index < -0.39 is 0 Å². The molecule has 1 aliphatic heterocycles. The summed E-state index contributed by atoms with van der Waals surface area (Å²) in [7, 11) is 0. The Morgan fingerprint density at radius 3 is 3.06 bits per heavy atom. The number of rotatable bonds is 3. The number of fused-ring (bicyclic) bond motifs is 1. The Morgan fingerprint density at radius 2 is 2.33 bits per heavy atom. The predicted octanol–water partition coefficient (Wildman–Crippen LogP) is 1.58. The van der Waals surface area contributed by atoms with Crippen molar-refractivity contribution in [2.45, 2.75) is 37.6 Å². The van der Waals surface area contributed by atoms with Gasteiger partial charge in [-0.05, 0) is 43.9 Å². The molecule has 1 fully saturated rings. The molecule has 1 aromatic rings. The molecule has 2 atom stereocenters. The van der Waals surface area contributed by atoms with Gasteiger partial charge in [-0.1, -0.05) is 24.3 Å². The van der Waals surface area contributed by atoms with E-state index in [1.165, 1.54) is 11.1 Å². The third-order valence-electron chi connectivity index (χ3n) is 4.34. The maximum Gasteiger partial charge on any atom is 0.240 e. The molecule has 3 rings (SSSR count). The lowest BCUT2D eigenvalue weighted by molar-refractivity contribution is -0.126. The van der Waals surface area contributed by atoms with E-state index in [1.54, 1.807) is 0 Å². The molecule has 1 saturated heterocycles. The van der Waals surface area contributed by atoms with Crippen molar-refractivity contribution in [3.05, 3.63) is 35.4 Å². The molecule has 0 radical (unpaired) electrons. The number of nitrogens with one attached hydrogen (secondary N) is 2. The third-order valence-corrected chi connectivity index (χ3v) is 4.34. The normalized spacial score (nSPS) is 29.5. The molecule has 1 heterocycles. The van der Waals surface area contributed by atoms with Gasteiger partial charge in [-0.15, -0.1) is 0 Å². The second-order valence-electron chi connectivity index (χ2n) is 5.67. The minimum atomic E-state index is -0.344. The Labute approximate surface area is 108 Å². The van der Waals surface area contributed by atoms with Crippen LogP contribution >= 0.6 is 0 Å². The van der Waals surface area contributed by atoms with Crippen LogP contribution in [0.5, 0.6) is 0 Å². The highest BCUT2D eigenvalue weighted by Crippen LogP contribution is 2.34. The van der Waals surface area contributed by atoms with E-state index in [1.807, 2.05) is 6.92 Å². The van der Waals surface area contributed by atoms with Gasteiger partial charge >= 0.3 is 0 Å². The van der Waals surface area contributed by atoms with E-state index in [2.05, 4.69) is 34.9 Å². The van der Waals surface area contributed by atoms with Crippen LogP contribution in [-0.4, -0.2) is 24.5 Å². The Hall–Kier alpha value is -1.35. The first-order valence-corrected chi connectivity index (χ1v) is 6.80. The van der Waals surface area contributed by atoms with E-state index in [0.29, 0.717) is 5.92 Å². The molecule has 0 spiro atoms. The molecule has 1 aromatic carbocycles. The van der Waals surface area contributed by atoms with Crippen molar-refractivity contribution in [2.75, 3.05) is 13.1 Å². The van der Waals surface area contributed by atoms with Crippen molar-refractivity contribution in [1.82, 2.24) is 10.6 Å². The van der Waals surface area contributed by atoms with E-state index in [0.717, 1.165) is 32.4 Å². The van der Waals surface area contributed by atoms with Crippen LogP contribution in [-0.2, 0) is 11.2 Å². The first-order valence-electron chi connectivity index (χ1n) is 6.80. The van der Waals surface area contributed by atoms with Crippen LogP contribution in [0, 0.1) is 0 Å². The minimum Gasteiger partial charge on any atom is -0.354 e. The Morgan fingerprint density at radius 1 is 1.50 bits per heavy atom. The summed E-state index contributed by atoms with van der Waals surface area (Å²) >= 11 is 0. The predicted molar refractivity (Wildman–Crippen MR) is 71.5 cm³/mol. The largest absolute Gasteiger partial charge is 0.354 e. The maximum absolute atomic E-state index is 12.1. The molecular weight excluding hydrogens is 224 g/mol. The highest BCUT2D eigenvalue weighted by Gasteiger charge is 2.36. The monoisotopic (exact) mass is 244 g/mol. The van der Waals surface area contributed by atoms with Crippen molar-refractivity contribution in [1.29, 1.82) is 0 Å². The average Bonchev–Trinajstić information content (AvgIpc) is 2.78. The minimum absolute atomic E-state index is 0.157. The SMILES string of the molecule is CC1(C(=O)NCC2Cc3ccccc32)CCCN1. The lowest BCUT2D eigenvalue weighted by atomic mass is 9.77. The topological polar surface area (TPSA) is 41.1 Å². The molecule has 18 heavy (non-hydrogen) atoms. The lowest BCUT2D eigenvalue weighted by Crippen LogP contribution is -2.52. The lowest BCUT2D eigenvalue weighted by Gasteiger charge is -2.31. The fourth-order valence-corrected chi connectivity index (χ4v) is 3.04. The van der Waals surface area contributed by atoms with E-state index in [4.69, 9.17) is 0 Å². The van der Waals surface area contributed by atoms with Gasteiger partial charge in [0, 0.05) is 12.5 Å². The zero-order valence-electron chi connectivity index (χ0n) is 10.8. The van der Waals surface area contributed by atoms with Crippen LogP contribution < -0.4 is 10.6 Å². The summed E-state index contributed by atoms with van der Waals surface area (Å²) < 4.78 is 0. The van der Waals surface area contributed by atoms with E-state index >= 15 is 0 Å². The number of hydrogen-bond acceptors (Lipinski definition) is 2. The first-order chi connectivity index (χ1) is 8.69. The standard InChI is InChI=1S/C15H20N2O/c1-15(7-4-8-17-15)14(18)16-10-12-9-11-5-2-3-6-13(11)12/h2-3,5-6,12,17H,4,7-10H2,1H3,(H,16,18). The molecular formula is C15H20N2O.